The van der Waals surface area contributed by atoms with Crippen molar-refractivity contribution in [3.05, 3.63) is 53.8 Å². The van der Waals surface area contributed by atoms with Gasteiger partial charge in [-0.2, -0.15) is 0 Å². The maximum Gasteiger partial charge on any atom is 0.244 e. The van der Waals surface area contributed by atoms with Gasteiger partial charge in [-0.05, 0) is 25.1 Å². The quantitative estimate of drug-likeness (QED) is 0.824. The molecule has 1 heterocycles. The molecule has 1 fully saturated rings. The monoisotopic (exact) mass is 358 g/mol. The fourth-order valence-corrected chi connectivity index (χ4v) is 3.22. The molecule has 1 saturated heterocycles. The first-order chi connectivity index (χ1) is 12.5. The predicted molar refractivity (Wildman–Crippen MR) is 98.2 cm³/mol. The van der Waals surface area contributed by atoms with Crippen molar-refractivity contribution >= 4 is 11.6 Å². The zero-order valence-electron chi connectivity index (χ0n) is 15.2. The largest absolute Gasteiger partial charge is 0.497 e. The molecule has 1 aliphatic rings. The molecule has 0 radical (unpaired) electrons. The molecule has 0 bridgehead atoms. The van der Waals surface area contributed by atoms with Gasteiger partial charge in [0.1, 0.15) is 17.3 Å². The van der Waals surface area contributed by atoms with Crippen molar-refractivity contribution in [2.24, 2.45) is 0 Å². The molecule has 1 unspecified atom stereocenters. The molecule has 0 N–H and O–H groups in total. The Morgan fingerprint density at radius 3 is 2.58 bits per heavy atom. The van der Waals surface area contributed by atoms with Crippen LogP contribution >= 0.6 is 0 Å². The lowest BCUT2D eigenvalue weighted by Gasteiger charge is -2.39. The summed E-state index contributed by atoms with van der Waals surface area (Å²) in [6.07, 6.45) is 0. The van der Waals surface area contributed by atoms with Crippen molar-refractivity contribution in [3.8, 4) is 11.5 Å². The zero-order valence-corrected chi connectivity index (χ0v) is 15.2. The van der Waals surface area contributed by atoms with E-state index in [9.17, 15) is 9.18 Å². The van der Waals surface area contributed by atoms with Crippen LogP contribution in [0, 0.1) is 5.82 Å². The smallest absolute Gasteiger partial charge is 0.244 e. The number of amides is 1. The minimum Gasteiger partial charge on any atom is -0.497 e. The SMILES string of the molecule is COc1ccc(N2CCN(Cc3ccccc3F)C(C)C2=O)c(OC)c1. The number of rotatable bonds is 5. The minimum atomic E-state index is -0.352. The van der Waals surface area contributed by atoms with Gasteiger partial charge in [0.25, 0.3) is 0 Å². The number of nitrogens with zero attached hydrogens (tertiary/aromatic N) is 2. The van der Waals surface area contributed by atoms with E-state index in [4.69, 9.17) is 9.47 Å². The Balaban J connectivity index is 1.79. The summed E-state index contributed by atoms with van der Waals surface area (Å²) < 4.78 is 24.6. The maximum absolute atomic E-state index is 13.9. The van der Waals surface area contributed by atoms with Gasteiger partial charge in [0.05, 0.1) is 25.9 Å². The number of piperazine rings is 1. The highest BCUT2D eigenvalue weighted by molar-refractivity contribution is 5.99. The Bertz CT molecular complexity index is 796. The molecule has 1 amide bonds. The van der Waals surface area contributed by atoms with E-state index in [0.717, 1.165) is 5.69 Å². The summed E-state index contributed by atoms with van der Waals surface area (Å²) in [5.41, 5.74) is 1.32. The average molecular weight is 358 g/mol. The molecule has 0 aromatic heterocycles. The number of methoxy groups -OCH3 is 2. The second-order valence-corrected chi connectivity index (χ2v) is 6.27. The van der Waals surface area contributed by atoms with Crippen molar-refractivity contribution < 1.29 is 18.7 Å². The van der Waals surface area contributed by atoms with Crippen LogP contribution in [0.4, 0.5) is 10.1 Å². The fraction of sp³-hybridized carbons (Fsp3) is 0.350. The fourth-order valence-electron chi connectivity index (χ4n) is 3.22. The Morgan fingerprint density at radius 1 is 1.12 bits per heavy atom. The number of anilines is 1. The van der Waals surface area contributed by atoms with E-state index in [0.29, 0.717) is 36.7 Å². The molecular formula is C20H23FN2O3. The lowest BCUT2D eigenvalue weighted by atomic mass is 10.1. The van der Waals surface area contributed by atoms with E-state index in [1.54, 1.807) is 37.3 Å². The van der Waals surface area contributed by atoms with Gasteiger partial charge >= 0.3 is 0 Å². The topological polar surface area (TPSA) is 42.0 Å². The maximum atomic E-state index is 13.9. The highest BCUT2D eigenvalue weighted by Crippen LogP contribution is 2.34. The highest BCUT2D eigenvalue weighted by atomic mass is 19.1. The number of halogens is 1. The van der Waals surface area contributed by atoms with Gasteiger partial charge in [-0.1, -0.05) is 18.2 Å². The third-order valence-corrected chi connectivity index (χ3v) is 4.79. The van der Waals surface area contributed by atoms with Crippen molar-refractivity contribution in [3.63, 3.8) is 0 Å². The number of hydrogen-bond acceptors (Lipinski definition) is 4. The molecule has 138 valence electrons. The standard InChI is InChI=1S/C20H23FN2O3/c1-14-20(24)23(18-9-8-16(25-2)12-19(18)26-3)11-10-22(14)13-15-6-4-5-7-17(15)21/h4-9,12,14H,10-11,13H2,1-3H3. The van der Waals surface area contributed by atoms with E-state index < -0.39 is 0 Å². The third kappa shape index (κ3) is 3.51. The van der Waals surface area contributed by atoms with Crippen LogP contribution in [-0.4, -0.2) is 44.2 Å². The van der Waals surface area contributed by atoms with Crippen LogP contribution in [0.2, 0.25) is 0 Å². The number of benzene rings is 2. The summed E-state index contributed by atoms with van der Waals surface area (Å²) in [4.78, 5) is 16.7. The lowest BCUT2D eigenvalue weighted by molar-refractivity contribution is -0.125. The molecule has 2 aromatic carbocycles. The molecule has 6 heteroatoms. The highest BCUT2D eigenvalue weighted by Gasteiger charge is 2.33. The summed E-state index contributed by atoms with van der Waals surface area (Å²) in [5.74, 6) is 0.985. The number of ether oxygens (including phenoxy) is 2. The normalized spacial score (nSPS) is 18.1. The first kappa shape index (κ1) is 18.2. The van der Waals surface area contributed by atoms with E-state index in [1.165, 1.54) is 6.07 Å². The van der Waals surface area contributed by atoms with Gasteiger partial charge in [0.15, 0.2) is 0 Å². The molecule has 2 aromatic rings. The molecule has 0 saturated carbocycles. The minimum absolute atomic E-state index is 0.0314. The second-order valence-electron chi connectivity index (χ2n) is 6.27. The molecule has 0 aliphatic carbocycles. The molecular weight excluding hydrogens is 335 g/mol. The van der Waals surface area contributed by atoms with Gasteiger partial charge in [0, 0.05) is 31.3 Å². The van der Waals surface area contributed by atoms with E-state index in [1.807, 2.05) is 30.0 Å². The van der Waals surface area contributed by atoms with Crippen molar-refractivity contribution in [1.82, 2.24) is 4.90 Å². The summed E-state index contributed by atoms with van der Waals surface area (Å²) >= 11 is 0. The number of carbonyl (C=O) groups is 1. The summed E-state index contributed by atoms with van der Waals surface area (Å²) in [7, 11) is 3.16. The van der Waals surface area contributed by atoms with Crippen LogP contribution in [0.1, 0.15) is 12.5 Å². The molecule has 1 atom stereocenters. The summed E-state index contributed by atoms with van der Waals surface area (Å²) in [6.45, 7) is 3.43. The average Bonchev–Trinajstić information content (AvgIpc) is 2.67. The number of hydrogen-bond donors (Lipinski definition) is 0. The van der Waals surface area contributed by atoms with Crippen molar-refractivity contribution in [2.45, 2.75) is 19.5 Å². The van der Waals surface area contributed by atoms with Crippen LogP contribution in [0.25, 0.3) is 0 Å². The predicted octanol–water partition coefficient (Wildman–Crippen LogP) is 3.08. The first-order valence-electron chi connectivity index (χ1n) is 8.56. The van der Waals surface area contributed by atoms with Gasteiger partial charge in [-0.3, -0.25) is 9.69 Å². The van der Waals surface area contributed by atoms with Crippen LogP contribution in [0.15, 0.2) is 42.5 Å². The Kier molecular flexibility index (Phi) is 5.42. The Morgan fingerprint density at radius 2 is 1.88 bits per heavy atom. The van der Waals surface area contributed by atoms with E-state index in [2.05, 4.69) is 0 Å². The van der Waals surface area contributed by atoms with E-state index in [-0.39, 0.29) is 17.8 Å². The van der Waals surface area contributed by atoms with Crippen LogP contribution < -0.4 is 14.4 Å². The molecule has 26 heavy (non-hydrogen) atoms. The van der Waals surface area contributed by atoms with Gasteiger partial charge < -0.3 is 14.4 Å². The zero-order chi connectivity index (χ0) is 18.7. The van der Waals surface area contributed by atoms with Gasteiger partial charge in [-0.25, -0.2) is 4.39 Å². The Labute approximate surface area is 152 Å². The number of carbonyl (C=O) groups excluding carboxylic acids is 1. The van der Waals surface area contributed by atoms with Crippen molar-refractivity contribution in [1.29, 1.82) is 0 Å². The molecule has 5 nitrogen and oxygen atoms in total. The van der Waals surface area contributed by atoms with Crippen molar-refractivity contribution in [2.75, 3.05) is 32.2 Å². The van der Waals surface area contributed by atoms with Gasteiger partial charge in [0.2, 0.25) is 5.91 Å². The molecule has 0 spiro atoms. The Hall–Kier alpha value is -2.60. The van der Waals surface area contributed by atoms with Gasteiger partial charge in [-0.15, -0.1) is 0 Å². The molecule has 3 rings (SSSR count). The molecule has 1 aliphatic heterocycles. The van der Waals surface area contributed by atoms with Crippen LogP contribution in [-0.2, 0) is 11.3 Å². The van der Waals surface area contributed by atoms with E-state index >= 15 is 0 Å². The second kappa shape index (κ2) is 7.74. The lowest BCUT2D eigenvalue weighted by Crippen LogP contribution is -2.55. The first-order valence-corrected chi connectivity index (χ1v) is 8.56. The van der Waals surface area contributed by atoms with Crippen LogP contribution in [0.5, 0.6) is 11.5 Å². The third-order valence-electron chi connectivity index (χ3n) is 4.79. The van der Waals surface area contributed by atoms with Crippen LogP contribution in [0.3, 0.4) is 0 Å². The summed E-state index contributed by atoms with van der Waals surface area (Å²) in [5, 5.41) is 0. The summed E-state index contributed by atoms with van der Waals surface area (Å²) in [6, 6.07) is 11.7.